The highest BCUT2D eigenvalue weighted by Gasteiger charge is 2.54. The smallest absolute Gasteiger partial charge is 0.411 e. The van der Waals surface area contributed by atoms with Crippen molar-refractivity contribution in [1.82, 2.24) is 15.5 Å². The molecule has 11 heteroatoms. The number of fused-ring (bicyclic) bond motifs is 1. The predicted molar refractivity (Wildman–Crippen MR) is 106 cm³/mol. The number of carbonyl (C=O) groups excluding carboxylic acids is 3. The number of aliphatic hydroxyl groups is 1. The standard InChI is InChI=1S/C19H21N3O7S/c1-9(2)29-19(28)20-11-8-30-17-12(16(25)22(17)13(11)18(26)27)21-15(24)14(23)10-6-4-3-5-7-10/h3-7,9,12,14,17,23H,8H2,1-2H3,(H,20,28)(H,21,24)(H,26,27)/t12?,14?,17-/m1/s1. The second-order valence-electron chi connectivity index (χ2n) is 6.92. The van der Waals surface area contributed by atoms with Crippen molar-refractivity contribution in [3.8, 4) is 0 Å². The lowest BCUT2D eigenvalue weighted by atomic mass is 10.0. The molecule has 3 amide bonds. The van der Waals surface area contributed by atoms with Gasteiger partial charge in [0.15, 0.2) is 11.8 Å². The molecule has 0 aliphatic carbocycles. The molecule has 0 saturated carbocycles. The van der Waals surface area contributed by atoms with Crippen LogP contribution in [0.25, 0.3) is 0 Å². The minimum atomic E-state index is -1.46. The molecular formula is C19H21N3O7S. The second-order valence-corrected chi connectivity index (χ2v) is 8.03. The highest BCUT2D eigenvalue weighted by Crippen LogP contribution is 2.39. The van der Waals surface area contributed by atoms with Crippen LogP contribution in [0.4, 0.5) is 4.79 Å². The van der Waals surface area contributed by atoms with Gasteiger partial charge < -0.3 is 20.3 Å². The zero-order valence-corrected chi connectivity index (χ0v) is 17.0. The first-order chi connectivity index (χ1) is 14.2. The predicted octanol–water partition coefficient (Wildman–Crippen LogP) is 0.551. The summed E-state index contributed by atoms with van der Waals surface area (Å²) in [5.41, 5.74) is 0.0478. The average molecular weight is 435 g/mol. The van der Waals surface area contributed by atoms with E-state index in [-0.39, 0.29) is 17.1 Å². The molecule has 1 aromatic rings. The van der Waals surface area contributed by atoms with Gasteiger partial charge in [0.1, 0.15) is 11.4 Å². The first-order valence-corrected chi connectivity index (χ1v) is 10.2. The summed E-state index contributed by atoms with van der Waals surface area (Å²) in [4.78, 5) is 49.5. The van der Waals surface area contributed by atoms with Gasteiger partial charge in [0, 0.05) is 5.75 Å². The summed E-state index contributed by atoms with van der Waals surface area (Å²) in [6.07, 6.45) is -2.68. The molecule has 1 fully saturated rings. The maximum absolute atomic E-state index is 12.6. The van der Waals surface area contributed by atoms with E-state index in [4.69, 9.17) is 4.74 Å². The number of β-lactam (4-membered cyclic amide) rings is 1. The van der Waals surface area contributed by atoms with E-state index < -0.39 is 47.5 Å². The molecule has 3 atom stereocenters. The zero-order valence-electron chi connectivity index (χ0n) is 16.2. The van der Waals surface area contributed by atoms with E-state index in [0.29, 0.717) is 5.56 Å². The number of thioether (sulfide) groups is 1. The summed E-state index contributed by atoms with van der Waals surface area (Å²) in [5, 5.41) is 23.9. The van der Waals surface area contributed by atoms with Crippen molar-refractivity contribution in [1.29, 1.82) is 0 Å². The van der Waals surface area contributed by atoms with Crippen molar-refractivity contribution in [2.24, 2.45) is 0 Å². The molecule has 3 rings (SSSR count). The molecule has 4 N–H and O–H groups in total. The summed E-state index contributed by atoms with van der Waals surface area (Å²) in [6.45, 7) is 3.29. The third-order valence-electron chi connectivity index (χ3n) is 4.43. The molecule has 0 radical (unpaired) electrons. The Morgan fingerprint density at radius 2 is 1.90 bits per heavy atom. The topological polar surface area (TPSA) is 145 Å². The molecule has 1 saturated heterocycles. The van der Waals surface area contributed by atoms with Gasteiger partial charge in [0.25, 0.3) is 11.8 Å². The van der Waals surface area contributed by atoms with Crippen LogP contribution in [0, 0.1) is 0 Å². The van der Waals surface area contributed by atoms with E-state index in [1.165, 1.54) is 11.8 Å². The molecule has 2 heterocycles. The maximum atomic E-state index is 12.6. The minimum absolute atomic E-state index is 0.0387. The van der Waals surface area contributed by atoms with Crippen molar-refractivity contribution in [2.45, 2.75) is 37.5 Å². The Hall–Kier alpha value is -3.05. The summed E-state index contributed by atoms with van der Waals surface area (Å²) < 4.78 is 4.96. The number of nitrogens with one attached hydrogen (secondary N) is 2. The van der Waals surface area contributed by atoms with E-state index >= 15 is 0 Å². The van der Waals surface area contributed by atoms with Gasteiger partial charge in [0.2, 0.25) is 0 Å². The number of aliphatic hydroxyl groups excluding tert-OH is 1. The number of nitrogens with zero attached hydrogens (tertiary/aromatic N) is 1. The van der Waals surface area contributed by atoms with Gasteiger partial charge in [-0.1, -0.05) is 30.3 Å². The van der Waals surface area contributed by atoms with Crippen molar-refractivity contribution in [2.75, 3.05) is 5.75 Å². The number of hydrogen-bond donors (Lipinski definition) is 4. The number of rotatable bonds is 6. The lowest BCUT2D eigenvalue weighted by molar-refractivity contribution is -0.151. The van der Waals surface area contributed by atoms with Crippen LogP contribution in [-0.4, -0.2) is 62.3 Å². The monoisotopic (exact) mass is 435 g/mol. The summed E-state index contributed by atoms with van der Waals surface area (Å²) >= 11 is 1.18. The fourth-order valence-corrected chi connectivity index (χ4v) is 4.38. The molecular weight excluding hydrogens is 414 g/mol. The van der Waals surface area contributed by atoms with Gasteiger partial charge in [-0.25, -0.2) is 9.59 Å². The molecule has 10 nitrogen and oxygen atoms in total. The molecule has 0 bridgehead atoms. The van der Waals surface area contributed by atoms with Crippen LogP contribution in [0.15, 0.2) is 41.7 Å². The number of ether oxygens (including phenoxy) is 1. The molecule has 1 aromatic carbocycles. The Morgan fingerprint density at radius 3 is 2.50 bits per heavy atom. The molecule has 0 spiro atoms. The lowest BCUT2D eigenvalue weighted by Crippen LogP contribution is -2.71. The number of carbonyl (C=O) groups is 4. The van der Waals surface area contributed by atoms with E-state index in [9.17, 15) is 29.4 Å². The number of hydrogen-bond acceptors (Lipinski definition) is 7. The van der Waals surface area contributed by atoms with E-state index in [1.54, 1.807) is 44.2 Å². The Balaban J connectivity index is 1.72. The van der Waals surface area contributed by atoms with Gasteiger partial charge in [-0.05, 0) is 19.4 Å². The first-order valence-electron chi connectivity index (χ1n) is 9.12. The van der Waals surface area contributed by atoms with Crippen LogP contribution in [0.2, 0.25) is 0 Å². The van der Waals surface area contributed by atoms with Crippen molar-refractivity contribution in [3.05, 3.63) is 47.3 Å². The van der Waals surface area contributed by atoms with Crippen LogP contribution in [0.5, 0.6) is 0 Å². The normalized spacial score (nSPS) is 21.5. The number of aliphatic carboxylic acids is 1. The largest absolute Gasteiger partial charge is 0.477 e. The van der Waals surface area contributed by atoms with Crippen LogP contribution >= 0.6 is 11.8 Å². The van der Waals surface area contributed by atoms with Crippen molar-refractivity contribution >= 4 is 35.6 Å². The van der Waals surface area contributed by atoms with E-state index in [2.05, 4.69) is 10.6 Å². The lowest BCUT2D eigenvalue weighted by Gasteiger charge is -2.49. The van der Waals surface area contributed by atoms with Gasteiger partial charge in [-0.2, -0.15) is 0 Å². The fraction of sp³-hybridized carbons (Fsp3) is 0.368. The summed E-state index contributed by atoms with van der Waals surface area (Å²) in [7, 11) is 0. The summed E-state index contributed by atoms with van der Waals surface area (Å²) in [5.74, 6) is -2.70. The highest BCUT2D eigenvalue weighted by molar-refractivity contribution is 8.00. The quantitative estimate of drug-likeness (QED) is 0.474. The second kappa shape index (κ2) is 8.76. The minimum Gasteiger partial charge on any atom is -0.477 e. The molecule has 30 heavy (non-hydrogen) atoms. The van der Waals surface area contributed by atoms with E-state index in [0.717, 1.165) is 4.90 Å². The van der Waals surface area contributed by atoms with Crippen LogP contribution in [0.3, 0.4) is 0 Å². The third kappa shape index (κ3) is 4.26. The van der Waals surface area contributed by atoms with Crippen molar-refractivity contribution in [3.63, 3.8) is 0 Å². The van der Waals surface area contributed by atoms with Gasteiger partial charge in [-0.15, -0.1) is 11.8 Å². The Kier molecular flexibility index (Phi) is 6.32. The Bertz CT molecular complexity index is 903. The van der Waals surface area contributed by atoms with Crippen LogP contribution in [0.1, 0.15) is 25.5 Å². The van der Waals surface area contributed by atoms with Gasteiger partial charge >= 0.3 is 12.1 Å². The summed E-state index contributed by atoms with van der Waals surface area (Å²) in [6, 6.07) is 7.24. The fourth-order valence-electron chi connectivity index (χ4n) is 3.10. The first kappa shape index (κ1) is 21.7. The number of benzene rings is 1. The van der Waals surface area contributed by atoms with Crippen LogP contribution in [-0.2, 0) is 19.1 Å². The van der Waals surface area contributed by atoms with Crippen molar-refractivity contribution < 1.29 is 34.1 Å². The SMILES string of the molecule is CC(C)OC(=O)NC1=C(C(=O)O)N2C(=O)C(NC(=O)C(O)c3ccccc3)[C@H]2SC1. The van der Waals surface area contributed by atoms with Crippen LogP contribution < -0.4 is 10.6 Å². The Morgan fingerprint density at radius 1 is 1.23 bits per heavy atom. The number of carboxylic acids is 1. The molecule has 0 aromatic heterocycles. The Labute approximate surface area is 176 Å². The zero-order chi connectivity index (χ0) is 22.0. The molecule has 2 unspecified atom stereocenters. The van der Waals surface area contributed by atoms with E-state index in [1.807, 2.05) is 0 Å². The molecule has 160 valence electrons. The number of carboxylic acid groups (broad SMARTS) is 1. The highest BCUT2D eigenvalue weighted by atomic mass is 32.2. The number of amides is 3. The molecule has 2 aliphatic heterocycles. The van der Waals surface area contributed by atoms with Gasteiger partial charge in [-0.3, -0.25) is 19.8 Å². The number of alkyl carbamates (subject to hydrolysis) is 1. The van der Waals surface area contributed by atoms with Gasteiger partial charge in [0.05, 0.1) is 11.8 Å². The maximum Gasteiger partial charge on any atom is 0.411 e. The molecule has 2 aliphatic rings. The average Bonchev–Trinajstić information content (AvgIpc) is 2.70. The third-order valence-corrected chi connectivity index (χ3v) is 5.71.